The number of cyclic esters (lactones) is 1. The van der Waals surface area contributed by atoms with Crippen molar-refractivity contribution in [2.45, 2.75) is 31.4 Å². The van der Waals surface area contributed by atoms with E-state index >= 15 is 0 Å². The first-order chi connectivity index (χ1) is 8.36. The van der Waals surface area contributed by atoms with Gasteiger partial charge >= 0.3 is 6.09 Å². The zero-order valence-electron chi connectivity index (χ0n) is 9.71. The third kappa shape index (κ3) is 1.86. The summed E-state index contributed by atoms with van der Waals surface area (Å²) in [5.74, 6) is 0. The summed E-state index contributed by atoms with van der Waals surface area (Å²) in [6, 6.07) is 10.3. The standard InChI is InChI=1S/C14H16NO2/c16-14-15-10-6-2-5-9-12(15)13(17-14)11-7-3-1-4-8-11/h1,3-4,6-8,12-13H,2,5,9-10H2/q+1. The SMILES string of the molecule is O=C1OC(c2ccccc2)C2CCC[CH+]CN12. The Morgan fingerprint density at radius 1 is 1.29 bits per heavy atom. The van der Waals surface area contributed by atoms with Crippen molar-refractivity contribution in [3.63, 3.8) is 0 Å². The monoisotopic (exact) mass is 230 g/mol. The zero-order valence-corrected chi connectivity index (χ0v) is 9.71. The molecule has 2 atom stereocenters. The van der Waals surface area contributed by atoms with Crippen molar-refractivity contribution in [1.29, 1.82) is 0 Å². The van der Waals surface area contributed by atoms with E-state index in [4.69, 9.17) is 4.74 Å². The first kappa shape index (κ1) is 10.5. The first-order valence-corrected chi connectivity index (χ1v) is 6.20. The lowest BCUT2D eigenvalue weighted by molar-refractivity contribution is 0.129. The average molecular weight is 230 g/mol. The van der Waals surface area contributed by atoms with Gasteiger partial charge in [-0.3, -0.25) is 4.90 Å². The van der Waals surface area contributed by atoms with Crippen LogP contribution in [0.25, 0.3) is 0 Å². The molecule has 0 saturated carbocycles. The van der Waals surface area contributed by atoms with Crippen LogP contribution in [0.3, 0.4) is 0 Å². The second-order valence-corrected chi connectivity index (χ2v) is 4.65. The molecule has 0 aliphatic carbocycles. The molecule has 1 aromatic carbocycles. The van der Waals surface area contributed by atoms with Crippen LogP contribution in [0.1, 0.15) is 30.9 Å². The number of benzene rings is 1. The van der Waals surface area contributed by atoms with E-state index in [0.717, 1.165) is 31.4 Å². The second kappa shape index (κ2) is 4.32. The minimum Gasteiger partial charge on any atom is -0.439 e. The molecular weight excluding hydrogens is 214 g/mol. The highest BCUT2D eigenvalue weighted by molar-refractivity contribution is 5.71. The number of carbonyl (C=O) groups is 1. The molecule has 3 heteroatoms. The molecule has 2 unspecified atom stereocenters. The van der Waals surface area contributed by atoms with Gasteiger partial charge in [0.05, 0.1) is 18.9 Å². The topological polar surface area (TPSA) is 29.5 Å². The van der Waals surface area contributed by atoms with Gasteiger partial charge in [0.25, 0.3) is 0 Å². The Morgan fingerprint density at radius 2 is 2.12 bits per heavy atom. The van der Waals surface area contributed by atoms with E-state index in [1.165, 1.54) is 0 Å². The van der Waals surface area contributed by atoms with Crippen molar-refractivity contribution in [1.82, 2.24) is 4.90 Å². The quantitative estimate of drug-likeness (QED) is 0.694. The number of rotatable bonds is 1. The largest absolute Gasteiger partial charge is 0.439 e. The van der Waals surface area contributed by atoms with Crippen molar-refractivity contribution < 1.29 is 9.53 Å². The van der Waals surface area contributed by atoms with Crippen LogP contribution >= 0.6 is 0 Å². The molecule has 2 heterocycles. The van der Waals surface area contributed by atoms with Crippen molar-refractivity contribution in [2.75, 3.05) is 6.54 Å². The van der Waals surface area contributed by atoms with E-state index in [-0.39, 0.29) is 18.2 Å². The Hall–Kier alpha value is -1.64. The number of carbonyl (C=O) groups excluding carboxylic acids is 1. The summed E-state index contributed by atoms with van der Waals surface area (Å²) < 4.78 is 5.52. The highest BCUT2D eigenvalue weighted by Crippen LogP contribution is 2.36. The average Bonchev–Trinajstić information content (AvgIpc) is 2.57. The lowest BCUT2D eigenvalue weighted by Crippen LogP contribution is -2.33. The molecule has 2 aliphatic rings. The fourth-order valence-corrected chi connectivity index (χ4v) is 2.71. The van der Waals surface area contributed by atoms with Gasteiger partial charge in [0.2, 0.25) is 0 Å². The van der Waals surface area contributed by atoms with Gasteiger partial charge in [-0.2, -0.15) is 0 Å². The number of fused-ring (bicyclic) bond motifs is 1. The maximum atomic E-state index is 11.8. The Morgan fingerprint density at radius 3 is 2.94 bits per heavy atom. The lowest BCUT2D eigenvalue weighted by atomic mass is 9.98. The third-order valence-corrected chi connectivity index (χ3v) is 3.57. The van der Waals surface area contributed by atoms with Gasteiger partial charge in [0, 0.05) is 0 Å². The summed E-state index contributed by atoms with van der Waals surface area (Å²) in [6.07, 6.45) is 5.19. The Balaban J connectivity index is 1.88. The van der Waals surface area contributed by atoms with Crippen molar-refractivity contribution in [3.8, 4) is 0 Å². The Labute approximate surface area is 101 Å². The van der Waals surface area contributed by atoms with Gasteiger partial charge < -0.3 is 4.74 Å². The first-order valence-electron chi connectivity index (χ1n) is 6.20. The van der Waals surface area contributed by atoms with E-state index < -0.39 is 0 Å². The van der Waals surface area contributed by atoms with Gasteiger partial charge in [-0.25, -0.2) is 4.79 Å². The van der Waals surface area contributed by atoms with Gasteiger partial charge in [0.1, 0.15) is 6.10 Å². The number of amides is 1. The molecule has 0 aromatic heterocycles. The highest BCUT2D eigenvalue weighted by atomic mass is 16.6. The molecule has 0 spiro atoms. The van der Waals surface area contributed by atoms with E-state index in [9.17, 15) is 4.79 Å². The summed E-state index contributed by atoms with van der Waals surface area (Å²) in [5, 5.41) is 0. The van der Waals surface area contributed by atoms with E-state index in [2.05, 4.69) is 6.42 Å². The number of nitrogens with zero attached hydrogens (tertiary/aromatic N) is 1. The van der Waals surface area contributed by atoms with Crippen LogP contribution in [0.5, 0.6) is 0 Å². The fourth-order valence-electron chi connectivity index (χ4n) is 2.71. The van der Waals surface area contributed by atoms with Crippen LogP contribution in [0, 0.1) is 6.42 Å². The molecule has 2 fully saturated rings. The van der Waals surface area contributed by atoms with Crippen LogP contribution in [-0.2, 0) is 4.74 Å². The highest BCUT2D eigenvalue weighted by Gasteiger charge is 2.44. The molecule has 0 radical (unpaired) electrons. The van der Waals surface area contributed by atoms with E-state index in [1.54, 1.807) is 0 Å². The van der Waals surface area contributed by atoms with Gasteiger partial charge in [-0.15, -0.1) is 0 Å². The maximum Gasteiger partial charge on any atom is 0.414 e. The fraction of sp³-hybridized carbons (Fsp3) is 0.429. The van der Waals surface area contributed by atoms with Crippen molar-refractivity contribution >= 4 is 6.09 Å². The lowest BCUT2D eigenvalue weighted by Gasteiger charge is -2.19. The predicted octanol–water partition coefficient (Wildman–Crippen LogP) is 2.94. The Bertz CT molecular complexity index is 404. The summed E-state index contributed by atoms with van der Waals surface area (Å²) >= 11 is 0. The molecule has 3 nitrogen and oxygen atoms in total. The molecule has 3 rings (SSSR count). The van der Waals surface area contributed by atoms with Crippen molar-refractivity contribution in [3.05, 3.63) is 42.3 Å². The number of ether oxygens (including phenoxy) is 1. The number of hydrogen-bond acceptors (Lipinski definition) is 2. The summed E-state index contributed by atoms with van der Waals surface area (Å²) in [6.45, 7) is 0.729. The Kier molecular flexibility index (Phi) is 2.67. The van der Waals surface area contributed by atoms with Gasteiger partial charge in [-0.05, 0) is 18.4 Å². The van der Waals surface area contributed by atoms with E-state index in [0.29, 0.717) is 0 Å². The summed E-state index contributed by atoms with van der Waals surface area (Å²) in [5.41, 5.74) is 1.11. The van der Waals surface area contributed by atoms with Crippen LogP contribution in [0.2, 0.25) is 0 Å². The second-order valence-electron chi connectivity index (χ2n) is 4.65. The molecule has 1 aromatic rings. The summed E-state index contributed by atoms with van der Waals surface area (Å²) in [7, 11) is 0. The van der Waals surface area contributed by atoms with Crippen molar-refractivity contribution in [2.24, 2.45) is 0 Å². The van der Waals surface area contributed by atoms with E-state index in [1.807, 2.05) is 35.2 Å². The van der Waals surface area contributed by atoms with Crippen LogP contribution < -0.4 is 0 Å². The van der Waals surface area contributed by atoms with Crippen LogP contribution in [0.15, 0.2) is 30.3 Å². The molecule has 0 N–H and O–H groups in total. The third-order valence-electron chi connectivity index (χ3n) is 3.57. The van der Waals surface area contributed by atoms with Gasteiger partial charge in [-0.1, -0.05) is 30.3 Å². The minimum absolute atomic E-state index is 0.0878. The molecule has 88 valence electrons. The minimum atomic E-state index is -0.165. The molecule has 1 amide bonds. The normalized spacial score (nSPS) is 28.0. The molecule has 0 bridgehead atoms. The van der Waals surface area contributed by atoms with Crippen LogP contribution in [0.4, 0.5) is 4.79 Å². The predicted molar refractivity (Wildman–Crippen MR) is 64.3 cm³/mol. The molecule has 17 heavy (non-hydrogen) atoms. The van der Waals surface area contributed by atoms with Gasteiger partial charge in [0.15, 0.2) is 6.54 Å². The summed E-state index contributed by atoms with van der Waals surface area (Å²) in [4.78, 5) is 13.7. The molecular formula is C14H16NO2+. The number of hydrogen-bond donors (Lipinski definition) is 0. The molecule has 2 saturated heterocycles. The molecule has 2 aliphatic heterocycles. The maximum absolute atomic E-state index is 11.8. The zero-order chi connectivity index (χ0) is 11.7. The smallest absolute Gasteiger partial charge is 0.414 e. The van der Waals surface area contributed by atoms with Crippen LogP contribution in [-0.4, -0.2) is 23.6 Å².